The molecule has 7 heavy (non-hydrogen) atoms. The first kappa shape index (κ1) is 4.61. The standard InChI is InChI=1S/C4H7NO2/c1-4(6)2-3-5-7-4/h2-3,5-6H,1H3. The molecule has 0 aromatic rings. The average Bonchev–Trinajstić information content (AvgIpc) is 1.84. The molecule has 1 aliphatic rings. The van der Waals surface area contributed by atoms with Crippen molar-refractivity contribution in [1.29, 1.82) is 0 Å². The van der Waals surface area contributed by atoms with Gasteiger partial charge in [0.25, 0.3) is 0 Å². The lowest BCUT2D eigenvalue weighted by Crippen LogP contribution is -2.23. The van der Waals surface area contributed by atoms with Crippen LogP contribution in [0, 0.1) is 0 Å². The van der Waals surface area contributed by atoms with Gasteiger partial charge in [-0.25, -0.2) is 4.84 Å². The van der Waals surface area contributed by atoms with Gasteiger partial charge in [0.2, 0.25) is 5.79 Å². The Morgan fingerprint density at radius 3 is 2.71 bits per heavy atom. The summed E-state index contributed by atoms with van der Waals surface area (Å²) in [7, 11) is 0. The van der Waals surface area contributed by atoms with E-state index < -0.39 is 5.79 Å². The van der Waals surface area contributed by atoms with E-state index in [4.69, 9.17) is 5.11 Å². The second kappa shape index (κ2) is 1.21. The van der Waals surface area contributed by atoms with Gasteiger partial charge in [0.15, 0.2) is 0 Å². The average molecular weight is 101 g/mol. The molecule has 40 valence electrons. The molecule has 3 heteroatoms. The minimum atomic E-state index is -1.10. The third-order valence-corrected chi connectivity index (χ3v) is 0.726. The van der Waals surface area contributed by atoms with Crippen molar-refractivity contribution in [2.24, 2.45) is 0 Å². The van der Waals surface area contributed by atoms with Gasteiger partial charge in [-0.15, -0.1) is 0 Å². The summed E-state index contributed by atoms with van der Waals surface area (Å²) in [6.45, 7) is 1.55. The lowest BCUT2D eigenvalue weighted by atomic mass is 10.3. The van der Waals surface area contributed by atoms with Gasteiger partial charge in [0.1, 0.15) is 0 Å². The fourth-order valence-electron chi connectivity index (χ4n) is 0.376. The van der Waals surface area contributed by atoms with Crippen LogP contribution in [0.3, 0.4) is 0 Å². The van der Waals surface area contributed by atoms with E-state index in [1.165, 1.54) is 6.08 Å². The monoisotopic (exact) mass is 101 g/mol. The van der Waals surface area contributed by atoms with Crippen LogP contribution in [0.25, 0.3) is 0 Å². The van der Waals surface area contributed by atoms with Crippen molar-refractivity contribution in [3.63, 3.8) is 0 Å². The van der Waals surface area contributed by atoms with Crippen LogP contribution >= 0.6 is 0 Å². The molecular weight excluding hydrogens is 94.0 g/mol. The van der Waals surface area contributed by atoms with Crippen LogP contribution in [0.5, 0.6) is 0 Å². The van der Waals surface area contributed by atoms with Crippen LogP contribution in [0.15, 0.2) is 12.3 Å². The number of hydroxylamine groups is 1. The van der Waals surface area contributed by atoms with Gasteiger partial charge >= 0.3 is 0 Å². The van der Waals surface area contributed by atoms with Crippen molar-refractivity contribution in [2.75, 3.05) is 0 Å². The van der Waals surface area contributed by atoms with Gasteiger partial charge in [-0.1, -0.05) is 0 Å². The lowest BCUT2D eigenvalue weighted by Gasteiger charge is -2.09. The van der Waals surface area contributed by atoms with E-state index in [1.807, 2.05) is 0 Å². The third kappa shape index (κ3) is 0.913. The summed E-state index contributed by atoms with van der Waals surface area (Å²) in [4.78, 5) is 4.53. The van der Waals surface area contributed by atoms with Gasteiger partial charge in [0, 0.05) is 6.20 Å². The van der Waals surface area contributed by atoms with E-state index in [0.29, 0.717) is 0 Å². The molecule has 2 N–H and O–H groups in total. The van der Waals surface area contributed by atoms with Crippen molar-refractivity contribution < 1.29 is 9.94 Å². The Morgan fingerprint density at radius 1 is 1.86 bits per heavy atom. The highest BCUT2D eigenvalue weighted by molar-refractivity contribution is 4.93. The SMILES string of the molecule is CC1(O)C=CNO1. The molecule has 1 aliphatic heterocycles. The predicted molar refractivity (Wildman–Crippen MR) is 24.0 cm³/mol. The summed E-state index contributed by atoms with van der Waals surface area (Å²) in [5.74, 6) is -1.10. The summed E-state index contributed by atoms with van der Waals surface area (Å²) < 4.78 is 0. The Kier molecular flexibility index (Phi) is 0.800. The number of hydrogen-bond acceptors (Lipinski definition) is 3. The van der Waals surface area contributed by atoms with Crippen molar-refractivity contribution in [3.05, 3.63) is 12.3 Å². The Morgan fingerprint density at radius 2 is 2.57 bits per heavy atom. The topological polar surface area (TPSA) is 41.5 Å². The Hall–Kier alpha value is -0.540. The molecule has 0 bridgehead atoms. The second-order valence-electron chi connectivity index (χ2n) is 1.61. The number of nitrogens with one attached hydrogen (secondary N) is 1. The second-order valence-corrected chi connectivity index (χ2v) is 1.61. The van der Waals surface area contributed by atoms with Crippen molar-refractivity contribution >= 4 is 0 Å². The Bertz CT molecular complexity index is 97.9. The molecule has 0 saturated heterocycles. The van der Waals surface area contributed by atoms with Gasteiger partial charge < -0.3 is 5.11 Å². The molecule has 0 amide bonds. The fourth-order valence-corrected chi connectivity index (χ4v) is 0.376. The summed E-state index contributed by atoms with van der Waals surface area (Å²) >= 11 is 0. The molecule has 0 spiro atoms. The Labute approximate surface area is 41.6 Å². The van der Waals surface area contributed by atoms with Crippen LogP contribution in [0.1, 0.15) is 6.92 Å². The first-order chi connectivity index (χ1) is 3.21. The highest BCUT2D eigenvalue weighted by Gasteiger charge is 2.20. The van der Waals surface area contributed by atoms with Crippen LogP contribution in [-0.4, -0.2) is 10.9 Å². The van der Waals surface area contributed by atoms with Crippen molar-refractivity contribution in [3.8, 4) is 0 Å². The highest BCUT2D eigenvalue weighted by atomic mass is 16.7. The highest BCUT2D eigenvalue weighted by Crippen LogP contribution is 2.08. The van der Waals surface area contributed by atoms with Crippen LogP contribution in [-0.2, 0) is 4.84 Å². The molecule has 0 saturated carbocycles. The van der Waals surface area contributed by atoms with Crippen LogP contribution in [0.4, 0.5) is 0 Å². The molecule has 0 radical (unpaired) electrons. The molecule has 1 heterocycles. The maximum atomic E-state index is 8.82. The maximum absolute atomic E-state index is 8.82. The van der Waals surface area contributed by atoms with E-state index in [0.717, 1.165) is 0 Å². The van der Waals surface area contributed by atoms with Crippen molar-refractivity contribution in [1.82, 2.24) is 5.48 Å². The minimum absolute atomic E-state index is 1.10. The fraction of sp³-hybridized carbons (Fsp3) is 0.500. The number of rotatable bonds is 0. The lowest BCUT2D eigenvalue weighted by molar-refractivity contribution is -0.167. The molecule has 0 aliphatic carbocycles. The molecular formula is C4H7NO2. The first-order valence-electron chi connectivity index (χ1n) is 2.04. The quantitative estimate of drug-likeness (QED) is 0.442. The summed E-state index contributed by atoms with van der Waals surface area (Å²) in [6.07, 6.45) is 3.06. The summed E-state index contributed by atoms with van der Waals surface area (Å²) in [6, 6.07) is 0. The van der Waals surface area contributed by atoms with E-state index in [2.05, 4.69) is 10.3 Å². The first-order valence-corrected chi connectivity index (χ1v) is 2.04. The molecule has 0 aromatic heterocycles. The van der Waals surface area contributed by atoms with Crippen LogP contribution < -0.4 is 5.48 Å². The number of hydrogen-bond donors (Lipinski definition) is 2. The molecule has 0 fully saturated rings. The van der Waals surface area contributed by atoms with E-state index in [-0.39, 0.29) is 0 Å². The van der Waals surface area contributed by atoms with Gasteiger partial charge in [0.05, 0.1) is 0 Å². The predicted octanol–water partition coefficient (Wildman–Crippen LogP) is -0.257. The smallest absolute Gasteiger partial charge is 0.209 e. The molecule has 1 unspecified atom stereocenters. The van der Waals surface area contributed by atoms with E-state index in [1.54, 1.807) is 13.1 Å². The third-order valence-electron chi connectivity index (χ3n) is 0.726. The zero-order valence-corrected chi connectivity index (χ0v) is 4.01. The van der Waals surface area contributed by atoms with Gasteiger partial charge in [-0.2, -0.15) is 0 Å². The number of aliphatic hydroxyl groups is 1. The van der Waals surface area contributed by atoms with Crippen LogP contribution in [0.2, 0.25) is 0 Å². The molecule has 1 rings (SSSR count). The van der Waals surface area contributed by atoms with Gasteiger partial charge in [-0.3, -0.25) is 5.48 Å². The molecule has 1 atom stereocenters. The minimum Gasteiger partial charge on any atom is -0.361 e. The summed E-state index contributed by atoms with van der Waals surface area (Å²) in [5.41, 5.74) is 2.38. The van der Waals surface area contributed by atoms with E-state index in [9.17, 15) is 0 Å². The molecule has 0 aromatic carbocycles. The zero-order chi connectivity index (χ0) is 5.33. The van der Waals surface area contributed by atoms with E-state index >= 15 is 0 Å². The zero-order valence-electron chi connectivity index (χ0n) is 4.01. The molecule has 3 nitrogen and oxygen atoms in total. The maximum Gasteiger partial charge on any atom is 0.209 e. The van der Waals surface area contributed by atoms with Gasteiger partial charge in [-0.05, 0) is 13.0 Å². The van der Waals surface area contributed by atoms with Crippen molar-refractivity contribution in [2.45, 2.75) is 12.7 Å². The normalized spacial score (nSPS) is 38.6. The largest absolute Gasteiger partial charge is 0.361 e. The summed E-state index contributed by atoms with van der Waals surface area (Å²) in [5, 5.41) is 8.82. The Balaban J connectivity index is 2.57.